The Morgan fingerprint density at radius 2 is 1.93 bits per heavy atom. The Labute approximate surface area is 86.6 Å². The minimum absolute atomic E-state index is 0.203. The maximum absolute atomic E-state index is 9.27. The maximum Gasteiger partial charge on any atom is 0.115 e. The molecule has 0 aliphatic rings. The summed E-state index contributed by atoms with van der Waals surface area (Å²) in [6.45, 7) is 1.63. The Morgan fingerprint density at radius 3 is 2.47 bits per heavy atom. The van der Waals surface area contributed by atoms with Gasteiger partial charge in [-0.3, -0.25) is 0 Å². The lowest BCUT2D eigenvalue weighted by Gasteiger charge is -1.99. The summed E-state index contributed by atoms with van der Waals surface area (Å²) >= 11 is 0. The fourth-order valence-electron chi connectivity index (χ4n) is 1.20. The zero-order valence-electron chi connectivity index (χ0n) is 8.20. The number of rotatable bonds is 2. The van der Waals surface area contributed by atoms with Crippen LogP contribution in [0, 0.1) is 0 Å². The normalized spacial score (nSPS) is 12.7. The van der Waals surface area contributed by atoms with Gasteiger partial charge in [0.05, 0.1) is 18.0 Å². The highest BCUT2D eigenvalue weighted by molar-refractivity contribution is 5.35. The molecule has 0 spiro atoms. The SMILES string of the molecule is CC(O)c1cn(-c2ccc(O)cc2)nn1. The quantitative estimate of drug-likeness (QED) is 0.768. The second-order valence-corrected chi connectivity index (χ2v) is 3.28. The molecule has 0 aliphatic heterocycles. The third-order valence-corrected chi connectivity index (χ3v) is 2.05. The largest absolute Gasteiger partial charge is 0.508 e. The molecule has 1 aromatic carbocycles. The summed E-state index contributed by atoms with van der Waals surface area (Å²) < 4.78 is 1.54. The molecule has 0 aliphatic carbocycles. The summed E-state index contributed by atoms with van der Waals surface area (Å²) in [5.74, 6) is 0.203. The average molecular weight is 205 g/mol. The number of hydrogen-bond donors (Lipinski definition) is 2. The summed E-state index contributed by atoms with van der Waals surface area (Å²) in [5, 5.41) is 26.1. The summed E-state index contributed by atoms with van der Waals surface area (Å²) in [5.41, 5.74) is 1.30. The van der Waals surface area contributed by atoms with Crippen molar-refractivity contribution >= 4 is 0 Å². The van der Waals surface area contributed by atoms with E-state index in [9.17, 15) is 5.11 Å². The number of phenols is 1. The van der Waals surface area contributed by atoms with Gasteiger partial charge in [-0.15, -0.1) is 5.10 Å². The second-order valence-electron chi connectivity index (χ2n) is 3.28. The van der Waals surface area contributed by atoms with Gasteiger partial charge in [-0.25, -0.2) is 4.68 Å². The molecule has 15 heavy (non-hydrogen) atoms. The fraction of sp³-hybridized carbons (Fsp3) is 0.200. The number of nitrogens with zero attached hydrogens (tertiary/aromatic N) is 3. The number of benzene rings is 1. The van der Waals surface area contributed by atoms with Crippen LogP contribution in [-0.4, -0.2) is 25.2 Å². The van der Waals surface area contributed by atoms with Crippen LogP contribution in [0.3, 0.4) is 0 Å². The first-order valence-electron chi connectivity index (χ1n) is 4.56. The molecule has 1 heterocycles. The smallest absolute Gasteiger partial charge is 0.115 e. The molecule has 0 bridgehead atoms. The molecule has 1 aromatic heterocycles. The molecule has 0 amide bonds. The van der Waals surface area contributed by atoms with Crippen LogP contribution in [0.4, 0.5) is 0 Å². The van der Waals surface area contributed by atoms with E-state index in [1.807, 2.05) is 0 Å². The van der Waals surface area contributed by atoms with Gasteiger partial charge in [0.15, 0.2) is 0 Å². The summed E-state index contributed by atoms with van der Waals surface area (Å²) in [4.78, 5) is 0. The minimum atomic E-state index is -0.629. The van der Waals surface area contributed by atoms with E-state index in [0.717, 1.165) is 5.69 Å². The van der Waals surface area contributed by atoms with E-state index in [1.54, 1.807) is 42.1 Å². The second kappa shape index (κ2) is 3.70. The highest BCUT2D eigenvalue weighted by atomic mass is 16.3. The van der Waals surface area contributed by atoms with Crippen LogP contribution in [0.15, 0.2) is 30.5 Å². The third kappa shape index (κ3) is 1.97. The van der Waals surface area contributed by atoms with Crippen LogP contribution < -0.4 is 0 Å². The summed E-state index contributed by atoms with van der Waals surface area (Å²) in [6, 6.07) is 6.57. The zero-order chi connectivity index (χ0) is 10.8. The van der Waals surface area contributed by atoms with Crippen molar-refractivity contribution in [2.45, 2.75) is 13.0 Å². The predicted octanol–water partition coefficient (Wildman–Crippen LogP) is 1.03. The van der Waals surface area contributed by atoms with Crippen molar-refractivity contribution < 1.29 is 10.2 Å². The molecule has 0 fully saturated rings. The van der Waals surface area contributed by atoms with Gasteiger partial charge in [0.1, 0.15) is 11.4 Å². The van der Waals surface area contributed by atoms with E-state index in [1.165, 1.54) is 0 Å². The van der Waals surface area contributed by atoms with E-state index in [2.05, 4.69) is 10.3 Å². The number of aromatic hydroxyl groups is 1. The fourth-order valence-corrected chi connectivity index (χ4v) is 1.20. The molecular weight excluding hydrogens is 194 g/mol. The molecule has 1 unspecified atom stereocenters. The van der Waals surface area contributed by atoms with E-state index >= 15 is 0 Å². The zero-order valence-corrected chi connectivity index (χ0v) is 8.20. The maximum atomic E-state index is 9.27. The van der Waals surface area contributed by atoms with Crippen LogP contribution in [0.25, 0.3) is 5.69 Å². The van der Waals surface area contributed by atoms with Gasteiger partial charge in [0, 0.05) is 0 Å². The molecule has 5 nitrogen and oxygen atoms in total. The average Bonchev–Trinajstić information content (AvgIpc) is 2.68. The van der Waals surface area contributed by atoms with Crippen LogP contribution in [0.1, 0.15) is 18.7 Å². The van der Waals surface area contributed by atoms with Gasteiger partial charge in [0.25, 0.3) is 0 Å². The topological polar surface area (TPSA) is 71.2 Å². The van der Waals surface area contributed by atoms with E-state index in [-0.39, 0.29) is 5.75 Å². The Morgan fingerprint density at radius 1 is 1.27 bits per heavy atom. The molecule has 0 saturated heterocycles. The molecular formula is C10H11N3O2. The molecule has 0 radical (unpaired) electrons. The highest BCUT2D eigenvalue weighted by Crippen LogP contribution is 2.14. The minimum Gasteiger partial charge on any atom is -0.508 e. The van der Waals surface area contributed by atoms with Crippen LogP contribution in [0.5, 0.6) is 5.75 Å². The first-order valence-corrected chi connectivity index (χ1v) is 4.56. The molecule has 2 N–H and O–H groups in total. The van der Waals surface area contributed by atoms with Gasteiger partial charge < -0.3 is 10.2 Å². The van der Waals surface area contributed by atoms with Gasteiger partial charge in [-0.1, -0.05) is 5.21 Å². The summed E-state index contributed by atoms with van der Waals surface area (Å²) in [6.07, 6.45) is 1.02. The number of aliphatic hydroxyl groups is 1. The molecule has 1 atom stereocenters. The highest BCUT2D eigenvalue weighted by Gasteiger charge is 2.06. The number of aromatic nitrogens is 3. The monoisotopic (exact) mass is 205 g/mol. The third-order valence-electron chi connectivity index (χ3n) is 2.05. The van der Waals surface area contributed by atoms with E-state index in [0.29, 0.717) is 5.69 Å². The van der Waals surface area contributed by atoms with Crippen molar-refractivity contribution in [1.82, 2.24) is 15.0 Å². The van der Waals surface area contributed by atoms with Gasteiger partial charge in [-0.2, -0.15) is 0 Å². The molecule has 2 aromatic rings. The van der Waals surface area contributed by atoms with Crippen molar-refractivity contribution in [2.75, 3.05) is 0 Å². The van der Waals surface area contributed by atoms with Crippen molar-refractivity contribution in [1.29, 1.82) is 0 Å². The first kappa shape index (κ1) is 9.67. The van der Waals surface area contributed by atoms with Crippen molar-refractivity contribution in [3.8, 4) is 11.4 Å². The number of aliphatic hydroxyl groups excluding tert-OH is 1. The lowest BCUT2D eigenvalue weighted by Crippen LogP contribution is -1.93. The Hall–Kier alpha value is -1.88. The predicted molar refractivity (Wildman–Crippen MR) is 53.7 cm³/mol. The van der Waals surface area contributed by atoms with Crippen molar-refractivity contribution in [2.24, 2.45) is 0 Å². The van der Waals surface area contributed by atoms with Crippen LogP contribution in [-0.2, 0) is 0 Å². The molecule has 2 rings (SSSR count). The van der Waals surface area contributed by atoms with E-state index in [4.69, 9.17) is 5.11 Å². The molecule has 5 heteroatoms. The lowest BCUT2D eigenvalue weighted by molar-refractivity contribution is 0.194. The number of phenolic OH excluding ortho intramolecular Hbond substituents is 1. The van der Waals surface area contributed by atoms with Gasteiger partial charge in [0.2, 0.25) is 0 Å². The summed E-state index contributed by atoms with van der Waals surface area (Å²) in [7, 11) is 0. The standard InChI is InChI=1S/C10H11N3O2/c1-7(14)10-6-13(12-11-10)8-2-4-9(15)5-3-8/h2-7,14-15H,1H3. The van der Waals surface area contributed by atoms with Crippen LogP contribution >= 0.6 is 0 Å². The Kier molecular flexibility index (Phi) is 2.39. The van der Waals surface area contributed by atoms with Gasteiger partial charge in [-0.05, 0) is 31.2 Å². The van der Waals surface area contributed by atoms with Crippen LogP contribution in [0.2, 0.25) is 0 Å². The molecule has 0 saturated carbocycles. The Balaban J connectivity index is 2.33. The first-order chi connectivity index (χ1) is 7.16. The van der Waals surface area contributed by atoms with Crippen molar-refractivity contribution in [3.63, 3.8) is 0 Å². The van der Waals surface area contributed by atoms with Gasteiger partial charge >= 0.3 is 0 Å². The van der Waals surface area contributed by atoms with Crippen molar-refractivity contribution in [3.05, 3.63) is 36.2 Å². The Bertz CT molecular complexity index is 448. The molecule has 78 valence electrons. The lowest BCUT2D eigenvalue weighted by atomic mass is 10.3. The van der Waals surface area contributed by atoms with E-state index < -0.39 is 6.10 Å². The number of hydrogen-bond acceptors (Lipinski definition) is 4.